The zero-order valence-electron chi connectivity index (χ0n) is 36.3. The van der Waals surface area contributed by atoms with Crippen LogP contribution in [0.2, 0.25) is 0 Å². The topological polar surface area (TPSA) is 152 Å². The summed E-state index contributed by atoms with van der Waals surface area (Å²) in [6, 6.07) is 13.6. The standard InChI is InChI=1S/C47H57N9O5/c1-31(2)41(52-45(58)60-7)44(57)55-22-10-14-39(55)43-49-30-38(51-43)34-17-16-32(37(28-34)33-18-20-36(21-19-33)54-26-24-53(6)25-27-54)12-8-9-13-35-29-48-42(50-35)40-15-11-23-56(40)46(59)61-47(3,4)5/h16-21,28-31,39-41H,10-11,14-15,22-27H2,1-7H3,(H,48,50)(H,49,51)(H,52,58)/t39-,40-,41-/m0/s1. The minimum atomic E-state index is -0.711. The van der Waals surface area contributed by atoms with Crippen molar-refractivity contribution in [1.29, 1.82) is 0 Å². The van der Waals surface area contributed by atoms with E-state index in [0.717, 1.165) is 79.8 Å². The van der Waals surface area contributed by atoms with Crippen molar-refractivity contribution in [3.8, 4) is 46.1 Å². The number of hydrogen-bond acceptors (Lipinski definition) is 9. The number of carbonyl (C=O) groups is 3. The maximum atomic E-state index is 13.8. The molecule has 7 rings (SSSR count). The maximum absolute atomic E-state index is 13.8. The molecular weight excluding hydrogens is 771 g/mol. The lowest BCUT2D eigenvalue weighted by atomic mass is 9.96. The van der Waals surface area contributed by atoms with E-state index >= 15 is 0 Å². The van der Waals surface area contributed by atoms with Crippen LogP contribution in [0.3, 0.4) is 0 Å². The monoisotopic (exact) mass is 827 g/mol. The number of carbonyl (C=O) groups excluding carboxylic acids is 3. The highest BCUT2D eigenvalue weighted by molar-refractivity contribution is 5.86. The predicted molar refractivity (Wildman–Crippen MR) is 234 cm³/mol. The van der Waals surface area contributed by atoms with Crippen LogP contribution in [0, 0.1) is 29.6 Å². The lowest BCUT2D eigenvalue weighted by molar-refractivity contribution is -0.135. The number of nitrogens with one attached hydrogen (secondary N) is 3. The Labute approximate surface area is 358 Å². The molecule has 320 valence electrons. The SMILES string of the molecule is COC(=O)N[C@H](C(=O)N1CCC[C@H]1c1ncc(-c2ccc(C#CC#Cc3cnc([C@@H]4CCCN4C(=O)OC(C)(C)C)[nH]3)c(-c3ccc(N4CCN(C)CC4)cc3)c2)[nH]1)C(C)C. The van der Waals surface area contributed by atoms with Crippen molar-refractivity contribution >= 4 is 23.8 Å². The van der Waals surface area contributed by atoms with Gasteiger partial charge in [0.25, 0.3) is 0 Å². The molecule has 5 heterocycles. The summed E-state index contributed by atoms with van der Waals surface area (Å²) < 4.78 is 10.4. The Morgan fingerprint density at radius 2 is 1.46 bits per heavy atom. The van der Waals surface area contributed by atoms with Gasteiger partial charge in [-0.05, 0) is 113 Å². The number of hydrogen-bond donors (Lipinski definition) is 3. The Morgan fingerprint density at radius 1 is 0.820 bits per heavy atom. The molecule has 0 unspecified atom stereocenters. The lowest BCUT2D eigenvalue weighted by Gasteiger charge is -2.34. The summed E-state index contributed by atoms with van der Waals surface area (Å²) in [6.45, 7) is 14.6. The Bertz CT molecular complexity index is 2330. The molecule has 3 saturated heterocycles. The number of likely N-dealkylation sites (N-methyl/N-ethyl adjacent to an activating group) is 1. The second-order valence-electron chi connectivity index (χ2n) is 17.3. The minimum absolute atomic E-state index is 0.125. The molecular formula is C47H57N9O5. The number of piperazine rings is 1. The number of anilines is 1. The number of aromatic nitrogens is 4. The maximum Gasteiger partial charge on any atom is 0.410 e. The highest BCUT2D eigenvalue weighted by Crippen LogP contribution is 2.35. The van der Waals surface area contributed by atoms with Crippen molar-refractivity contribution in [2.45, 2.75) is 84.0 Å². The molecule has 0 saturated carbocycles. The number of aromatic amines is 2. The molecule has 0 bridgehead atoms. The van der Waals surface area contributed by atoms with Crippen LogP contribution in [0.15, 0.2) is 54.9 Å². The van der Waals surface area contributed by atoms with Crippen LogP contribution in [0.25, 0.3) is 22.4 Å². The van der Waals surface area contributed by atoms with Gasteiger partial charge in [0.15, 0.2) is 0 Å². The number of H-pyrrole nitrogens is 2. The van der Waals surface area contributed by atoms with E-state index in [1.807, 2.05) is 57.8 Å². The molecule has 2 aromatic carbocycles. The first kappa shape index (κ1) is 42.9. The Hall–Kier alpha value is -6.25. The molecule has 0 aliphatic carbocycles. The smallest absolute Gasteiger partial charge is 0.410 e. The van der Waals surface area contributed by atoms with Crippen LogP contribution in [-0.2, 0) is 14.3 Å². The summed E-state index contributed by atoms with van der Waals surface area (Å²) in [5.41, 5.74) is 5.76. The molecule has 61 heavy (non-hydrogen) atoms. The third-order valence-corrected chi connectivity index (χ3v) is 11.5. The number of imidazole rings is 2. The van der Waals surface area contributed by atoms with Gasteiger partial charge in [-0.3, -0.25) is 9.69 Å². The van der Waals surface area contributed by atoms with Crippen LogP contribution >= 0.6 is 0 Å². The van der Waals surface area contributed by atoms with Gasteiger partial charge in [-0.2, -0.15) is 0 Å². The first-order valence-corrected chi connectivity index (χ1v) is 21.2. The van der Waals surface area contributed by atoms with Crippen molar-refractivity contribution in [3.05, 3.63) is 77.8 Å². The van der Waals surface area contributed by atoms with Gasteiger partial charge in [-0.25, -0.2) is 19.6 Å². The minimum Gasteiger partial charge on any atom is -0.453 e. The third-order valence-electron chi connectivity index (χ3n) is 11.5. The van der Waals surface area contributed by atoms with E-state index in [2.05, 4.69) is 91.1 Å². The Morgan fingerprint density at radius 3 is 2.15 bits per heavy atom. The van der Waals surface area contributed by atoms with E-state index in [1.54, 1.807) is 11.1 Å². The molecule has 4 aromatic rings. The second kappa shape index (κ2) is 18.6. The molecule has 0 spiro atoms. The van der Waals surface area contributed by atoms with Crippen LogP contribution in [0.4, 0.5) is 15.3 Å². The molecule has 14 nitrogen and oxygen atoms in total. The number of amides is 3. The van der Waals surface area contributed by atoms with E-state index < -0.39 is 17.7 Å². The van der Waals surface area contributed by atoms with Crippen LogP contribution in [0.5, 0.6) is 0 Å². The number of benzene rings is 2. The summed E-state index contributed by atoms with van der Waals surface area (Å²) in [5, 5.41) is 2.72. The molecule has 0 radical (unpaired) electrons. The fraction of sp³-hybridized carbons (Fsp3) is 0.468. The molecule has 2 aromatic heterocycles. The lowest BCUT2D eigenvalue weighted by Crippen LogP contribution is -2.51. The van der Waals surface area contributed by atoms with Crippen molar-refractivity contribution in [3.63, 3.8) is 0 Å². The number of methoxy groups -OCH3 is 1. The van der Waals surface area contributed by atoms with Crippen molar-refractivity contribution in [2.24, 2.45) is 5.92 Å². The van der Waals surface area contributed by atoms with Gasteiger partial charge in [0.1, 0.15) is 29.0 Å². The summed E-state index contributed by atoms with van der Waals surface area (Å²) in [6.07, 6.45) is 5.77. The number of ether oxygens (including phenoxy) is 2. The van der Waals surface area contributed by atoms with Crippen LogP contribution in [0.1, 0.15) is 95.3 Å². The Balaban J connectivity index is 1.14. The molecule has 3 aliphatic heterocycles. The molecule has 3 fully saturated rings. The van der Waals surface area contributed by atoms with Crippen molar-refractivity contribution < 1.29 is 23.9 Å². The largest absolute Gasteiger partial charge is 0.453 e. The highest BCUT2D eigenvalue weighted by Gasteiger charge is 2.38. The number of nitrogens with zero attached hydrogens (tertiary/aromatic N) is 6. The molecule has 3 N–H and O–H groups in total. The fourth-order valence-electron chi connectivity index (χ4n) is 8.18. The van der Waals surface area contributed by atoms with Gasteiger partial charge >= 0.3 is 12.2 Å². The first-order chi connectivity index (χ1) is 29.3. The second-order valence-corrected chi connectivity index (χ2v) is 17.3. The van der Waals surface area contributed by atoms with E-state index in [-0.39, 0.29) is 30.0 Å². The van der Waals surface area contributed by atoms with Gasteiger partial charge in [-0.1, -0.05) is 38.0 Å². The summed E-state index contributed by atoms with van der Waals surface area (Å²) in [5.74, 6) is 13.6. The van der Waals surface area contributed by atoms with Gasteiger partial charge in [0.2, 0.25) is 5.91 Å². The van der Waals surface area contributed by atoms with E-state index in [0.29, 0.717) is 30.4 Å². The number of likely N-dealkylation sites (tertiary alicyclic amines) is 2. The summed E-state index contributed by atoms with van der Waals surface area (Å²) in [7, 11) is 3.45. The zero-order chi connectivity index (χ0) is 43.3. The van der Waals surface area contributed by atoms with Gasteiger partial charge < -0.3 is 39.5 Å². The molecule has 3 atom stereocenters. The average molecular weight is 828 g/mol. The first-order valence-electron chi connectivity index (χ1n) is 21.2. The molecule has 3 amide bonds. The van der Waals surface area contributed by atoms with Gasteiger partial charge in [-0.15, -0.1) is 0 Å². The third kappa shape index (κ3) is 10.2. The predicted octanol–water partition coefficient (Wildman–Crippen LogP) is 6.74. The molecule has 3 aliphatic rings. The normalized spacial score (nSPS) is 18.6. The number of alkyl carbamates (subject to hydrolysis) is 1. The van der Waals surface area contributed by atoms with Crippen molar-refractivity contribution in [2.75, 3.05) is 58.3 Å². The van der Waals surface area contributed by atoms with Gasteiger partial charge in [0, 0.05) is 56.1 Å². The molecule has 14 heteroatoms. The zero-order valence-corrected chi connectivity index (χ0v) is 36.3. The summed E-state index contributed by atoms with van der Waals surface area (Å²) >= 11 is 0. The van der Waals surface area contributed by atoms with E-state index in [9.17, 15) is 14.4 Å². The van der Waals surface area contributed by atoms with Gasteiger partial charge in [0.05, 0.1) is 37.3 Å². The Kier molecular flexibility index (Phi) is 13.0. The van der Waals surface area contributed by atoms with Crippen LogP contribution < -0.4 is 10.2 Å². The van der Waals surface area contributed by atoms with Crippen LogP contribution in [-0.4, -0.2) is 118 Å². The number of rotatable bonds is 8. The highest BCUT2D eigenvalue weighted by atomic mass is 16.6. The fourth-order valence-corrected chi connectivity index (χ4v) is 8.18. The quantitative estimate of drug-likeness (QED) is 0.164. The van der Waals surface area contributed by atoms with E-state index in [4.69, 9.17) is 14.5 Å². The average Bonchev–Trinajstić information content (AvgIpc) is 4.08. The van der Waals surface area contributed by atoms with E-state index in [1.165, 1.54) is 12.8 Å². The summed E-state index contributed by atoms with van der Waals surface area (Å²) in [4.78, 5) is 63.2. The van der Waals surface area contributed by atoms with Crippen molar-refractivity contribution in [1.82, 2.24) is 40.0 Å².